The van der Waals surface area contributed by atoms with Crippen molar-refractivity contribution in [1.29, 1.82) is 0 Å². The maximum absolute atomic E-state index is 14.0. The van der Waals surface area contributed by atoms with E-state index in [1.54, 1.807) is 12.1 Å². The van der Waals surface area contributed by atoms with Crippen molar-refractivity contribution in [2.75, 3.05) is 13.2 Å². The molecule has 0 radical (unpaired) electrons. The van der Waals surface area contributed by atoms with E-state index in [9.17, 15) is 4.39 Å². The van der Waals surface area contributed by atoms with Gasteiger partial charge in [-0.25, -0.2) is 4.39 Å². The first-order valence-corrected chi connectivity index (χ1v) is 7.07. The highest BCUT2D eigenvalue weighted by molar-refractivity contribution is 5.29. The lowest BCUT2D eigenvalue weighted by Crippen LogP contribution is -2.26. The highest BCUT2D eigenvalue weighted by Crippen LogP contribution is 2.24. The second-order valence-corrected chi connectivity index (χ2v) is 5.35. The van der Waals surface area contributed by atoms with Crippen molar-refractivity contribution in [2.45, 2.75) is 44.4 Å². The van der Waals surface area contributed by atoms with Crippen molar-refractivity contribution in [3.8, 4) is 5.75 Å². The van der Waals surface area contributed by atoms with E-state index >= 15 is 0 Å². The Morgan fingerprint density at radius 3 is 2.68 bits per heavy atom. The Morgan fingerprint density at radius 1 is 1.21 bits per heavy atom. The number of benzene rings is 1. The van der Waals surface area contributed by atoms with Crippen LogP contribution in [0.2, 0.25) is 0 Å². The first-order valence-electron chi connectivity index (χ1n) is 7.07. The molecule has 1 aromatic rings. The Bertz CT molecular complexity index is 428. The lowest BCUT2D eigenvalue weighted by Gasteiger charge is -2.23. The Kier molecular flexibility index (Phi) is 3.99. The van der Waals surface area contributed by atoms with Crippen molar-refractivity contribution >= 4 is 0 Å². The highest BCUT2D eigenvalue weighted by atomic mass is 19.1. The van der Waals surface area contributed by atoms with Crippen LogP contribution < -0.4 is 10.1 Å². The topological polar surface area (TPSA) is 30.5 Å². The molecule has 0 atom stereocenters. The molecule has 0 bridgehead atoms. The minimum absolute atomic E-state index is 0.0821. The highest BCUT2D eigenvalue weighted by Gasteiger charge is 2.20. The minimum atomic E-state index is -0.262. The third-order valence-electron chi connectivity index (χ3n) is 3.63. The van der Waals surface area contributed by atoms with Gasteiger partial charge in [0.2, 0.25) is 0 Å². The predicted molar refractivity (Wildman–Crippen MR) is 70.7 cm³/mol. The first kappa shape index (κ1) is 12.9. The van der Waals surface area contributed by atoms with E-state index in [2.05, 4.69) is 5.32 Å². The molecule has 2 aliphatic rings. The Labute approximate surface area is 113 Å². The van der Waals surface area contributed by atoms with Crippen LogP contribution in [-0.2, 0) is 11.3 Å². The zero-order valence-corrected chi connectivity index (χ0v) is 11.0. The Morgan fingerprint density at radius 2 is 2.00 bits per heavy atom. The molecule has 104 valence electrons. The molecule has 1 aromatic carbocycles. The van der Waals surface area contributed by atoms with Gasteiger partial charge in [0.1, 0.15) is 6.10 Å². The fourth-order valence-electron chi connectivity index (χ4n) is 2.27. The average molecular weight is 265 g/mol. The summed E-state index contributed by atoms with van der Waals surface area (Å²) in [6.07, 6.45) is 4.24. The fraction of sp³-hybridized carbons (Fsp3) is 0.600. The normalized spacial score (nSPS) is 20.5. The summed E-state index contributed by atoms with van der Waals surface area (Å²) in [5, 5.41) is 3.38. The van der Waals surface area contributed by atoms with Crippen molar-refractivity contribution < 1.29 is 13.9 Å². The van der Waals surface area contributed by atoms with Crippen LogP contribution in [0.25, 0.3) is 0 Å². The summed E-state index contributed by atoms with van der Waals surface area (Å²) < 4.78 is 24.9. The fourth-order valence-corrected chi connectivity index (χ4v) is 2.27. The molecule has 1 N–H and O–H groups in total. The summed E-state index contributed by atoms with van der Waals surface area (Å²) in [5.41, 5.74) is 0.976. The van der Waals surface area contributed by atoms with E-state index in [1.165, 1.54) is 12.8 Å². The molecule has 1 saturated carbocycles. The maximum atomic E-state index is 14.0. The third-order valence-corrected chi connectivity index (χ3v) is 3.63. The van der Waals surface area contributed by atoms with Crippen molar-refractivity contribution in [2.24, 2.45) is 0 Å². The van der Waals surface area contributed by atoms with Gasteiger partial charge < -0.3 is 14.8 Å². The van der Waals surface area contributed by atoms with Gasteiger partial charge >= 0.3 is 0 Å². The molecule has 1 heterocycles. The van der Waals surface area contributed by atoms with Crippen LogP contribution in [-0.4, -0.2) is 25.4 Å². The van der Waals surface area contributed by atoms with Crippen LogP contribution in [0.3, 0.4) is 0 Å². The number of hydrogen-bond donors (Lipinski definition) is 1. The number of nitrogens with one attached hydrogen (secondary N) is 1. The quantitative estimate of drug-likeness (QED) is 0.887. The summed E-state index contributed by atoms with van der Waals surface area (Å²) in [6, 6.07) is 5.90. The molecule has 3 nitrogen and oxygen atoms in total. The number of halogens is 1. The molecule has 0 amide bonds. The lowest BCUT2D eigenvalue weighted by molar-refractivity contribution is 0.0240. The summed E-state index contributed by atoms with van der Waals surface area (Å²) in [5.74, 6) is 0.101. The van der Waals surface area contributed by atoms with E-state index in [0.29, 0.717) is 25.0 Å². The van der Waals surface area contributed by atoms with Gasteiger partial charge in [-0.2, -0.15) is 0 Å². The van der Waals surface area contributed by atoms with Crippen molar-refractivity contribution in [3.63, 3.8) is 0 Å². The molecule has 0 aromatic heterocycles. The number of hydrogen-bond acceptors (Lipinski definition) is 3. The molecule has 2 fully saturated rings. The molecular formula is C15H20FNO2. The molecule has 4 heteroatoms. The van der Waals surface area contributed by atoms with Gasteiger partial charge in [-0.15, -0.1) is 0 Å². The largest absolute Gasteiger partial charge is 0.487 e. The van der Waals surface area contributed by atoms with Gasteiger partial charge in [-0.3, -0.25) is 0 Å². The predicted octanol–water partition coefficient (Wildman–Crippen LogP) is 2.64. The van der Waals surface area contributed by atoms with Crippen LogP contribution in [0, 0.1) is 5.82 Å². The van der Waals surface area contributed by atoms with Crippen LogP contribution in [0.15, 0.2) is 18.2 Å². The average Bonchev–Trinajstić information content (AvgIpc) is 3.25. The molecule has 19 heavy (non-hydrogen) atoms. The van der Waals surface area contributed by atoms with Crippen LogP contribution in [0.5, 0.6) is 5.75 Å². The third kappa shape index (κ3) is 3.67. The van der Waals surface area contributed by atoms with Crippen LogP contribution in [0.1, 0.15) is 31.2 Å². The molecular weight excluding hydrogens is 245 g/mol. The van der Waals surface area contributed by atoms with Gasteiger partial charge in [0.15, 0.2) is 11.6 Å². The Balaban J connectivity index is 1.58. The molecule has 0 spiro atoms. The number of ether oxygens (including phenoxy) is 2. The van der Waals surface area contributed by atoms with Gasteiger partial charge in [0, 0.05) is 25.4 Å². The number of rotatable bonds is 5. The lowest BCUT2D eigenvalue weighted by atomic mass is 10.1. The summed E-state index contributed by atoms with van der Waals surface area (Å²) in [7, 11) is 0. The van der Waals surface area contributed by atoms with Crippen LogP contribution in [0.4, 0.5) is 4.39 Å². The van der Waals surface area contributed by atoms with Crippen molar-refractivity contribution in [3.05, 3.63) is 29.6 Å². The van der Waals surface area contributed by atoms with E-state index < -0.39 is 0 Å². The summed E-state index contributed by atoms with van der Waals surface area (Å²) >= 11 is 0. The van der Waals surface area contributed by atoms with E-state index in [-0.39, 0.29) is 11.9 Å². The van der Waals surface area contributed by atoms with Gasteiger partial charge in [0.25, 0.3) is 0 Å². The standard InChI is InChI=1S/C15H20FNO2/c16-14-9-11(10-17-12-2-3-12)1-4-15(14)19-13-5-7-18-8-6-13/h1,4,9,12-13,17H,2-3,5-8,10H2. The van der Waals surface area contributed by atoms with Gasteiger partial charge in [0.05, 0.1) is 13.2 Å². The smallest absolute Gasteiger partial charge is 0.165 e. The summed E-state index contributed by atoms with van der Waals surface area (Å²) in [6.45, 7) is 2.14. The molecule has 1 saturated heterocycles. The summed E-state index contributed by atoms with van der Waals surface area (Å²) in [4.78, 5) is 0. The van der Waals surface area contributed by atoms with Gasteiger partial charge in [-0.1, -0.05) is 6.07 Å². The zero-order valence-electron chi connectivity index (χ0n) is 11.0. The first-order chi connectivity index (χ1) is 9.31. The molecule has 1 aliphatic carbocycles. The molecule has 1 aliphatic heterocycles. The zero-order chi connectivity index (χ0) is 13.1. The van der Waals surface area contributed by atoms with Gasteiger partial charge in [-0.05, 0) is 30.5 Å². The maximum Gasteiger partial charge on any atom is 0.165 e. The van der Waals surface area contributed by atoms with Crippen molar-refractivity contribution in [1.82, 2.24) is 5.32 Å². The second-order valence-electron chi connectivity index (χ2n) is 5.35. The van der Waals surface area contributed by atoms with Crippen LogP contribution >= 0.6 is 0 Å². The molecule has 3 rings (SSSR count). The minimum Gasteiger partial charge on any atom is -0.487 e. The molecule has 0 unspecified atom stereocenters. The van der Waals surface area contributed by atoms with E-state index in [1.807, 2.05) is 6.07 Å². The second kappa shape index (κ2) is 5.88. The van der Waals surface area contributed by atoms with E-state index in [0.717, 1.165) is 24.9 Å². The SMILES string of the molecule is Fc1cc(CNC2CC2)ccc1OC1CCOCC1. The Hall–Kier alpha value is -1.13. The monoisotopic (exact) mass is 265 g/mol. The van der Waals surface area contributed by atoms with E-state index in [4.69, 9.17) is 9.47 Å².